The number of ether oxygens (including phenoxy) is 2. The first-order chi connectivity index (χ1) is 19.5. The molecule has 40 heavy (non-hydrogen) atoms. The first kappa shape index (κ1) is 25.8. The quantitative estimate of drug-likeness (QED) is 0.222. The van der Waals surface area contributed by atoms with Crippen LogP contribution in [0.25, 0.3) is 10.1 Å². The zero-order valence-electron chi connectivity index (χ0n) is 22.4. The van der Waals surface area contributed by atoms with Crippen LogP contribution in [0.1, 0.15) is 40.5 Å². The van der Waals surface area contributed by atoms with Crippen LogP contribution >= 0.6 is 11.5 Å². The van der Waals surface area contributed by atoms with Gasteiger partial charge in [-0.2, -0.15) is 0 Å². The van der Waals surface area contributed by atoms with Gasteiger partial charge in [0.15, 0.2) is 11.5 Å². The second-order valence-corrected chi connectivity index (χ2v) is 11.0. The number of hydrogen-bond acceptors (Lipinski definition) is 6. The van der Waals surface area contributed by atoms with Crippen molar-refractivity contribution in [2.75, 3.05) is 12.0 Å². The van der Waals surface area contributed by atoms with E-state index in [0.29, 0.717) is 41.2 Å². The molecule has 0 radical (unpaired) electrons. The molecule has 3 aromatic carbocycles. The monoisotopic (exact) mass is 551 g/mol. The van der Waals surface area contributed by atoms with Gasteiger partial charge in [0.05, 0.1) is 42.1 Å². The molecule has 6 rings (SSSR count). The number of carbonyl (C=O) groups excluding carboxylic acids is 1. The van der Waals surface area contributed by atoms with Crippen molar-refractivity contribution in [3.63, 3.8) is 0 Å². The SMILES string of the molecule is COc1ccc(N2Cc3cnc(Cn4sc5ccccc5c4=O)cc3C2=O)cc1OC(C)CCc1ccccc1. The highest BCUT2D eigenvalue weighted by atomic mass is 32.1. The van der Waals surface area contributed by atoms with E-state index in [1.165, 1.54) is 17.1 Å². The highest BCUT2D eigenvalue weighted by Gasteiger charge is 2.30. The average molecular weight is 552 g/mol. The minimum Gasteiger partial charge on any atom is -0.493 e. The number of anilines is 1. The topological polar surface area (TPSA) is 73.7 Å². The molecule has 202 valence electrons. The van der Waals surface area contributed by atoms with Gasteiger partial charge in [-0.25, -0.2) is 0 Å². The number of amides is 1. The summed E-state index contributed by atoms with van der Waals surface area (Å²) in [5.74, 6) is 1.13. The number of rotatable bonds is 9. The van der Waals surface area contributed by atoms with E-state index in [-0.39, 0.29) is 17.6 Å². The van der Waals surface area contributed by atoms with Gasteiger partial charge in [-0.15, -0.1) is 0 Å². The molecule has 0 spiro atoms. The number of aryl methyl sites for hydroxylation is 1. The Bertz CT molecular complexity index is 1740. The fourth-order valence-electron chi connectivity index (χ4n) is 5.02. The highest BCUT2D eigenvalue weighted by molar-refractivity contribution is 7.13. The molecule has 0 aliphatic carbocycles. The number of pyridine rings is 1. The van der Waals surface area contributed by atoms with Gasteiger partial charge >= 0.3 is 0 Å². The molecular weight excluding hydrogens is 522 g/mol. The maximum atomic E-state index is 13.5. The Morgan fingerprint density at radius 2 is 1.77 bits per heavy atom. The van der Waals surface area contributed by atoms with E-state index >= 15 is 0 Å². The number of hydrogen-bond donors (Lipinski definition) is 0. The van der Waals surface area contributed by atoms with Gasteiger partial charge in [-0.3, -0.25) is 18.5 Å². The summed E-state index contributed by atoms with van der Waals surface area (Å²) in [6.45, 7) is 2.78. The predicted octanol–water partition coefficient (Wildman–Crippen LogP) is 6.08. The lowest BCUT2D eigenvalue weighted by molar-refractivity contribution is 0.0996. The Kier molecular flexibility index (Phi) is 7.09. The van der Waals surface area contributed by atoms with Crippen LogP contribution in [0.4, 0.5) is 5.69 Å². The maximum absolute atomic E-state index is 13.5. The molecule has 0 fully saturated rings. The van der Waals surface area contributed by atoms with E-state index in [9.17, 15) is 9.59 Å². The van der Waals surface area contributed by atoms with Crippen LogP contribution in [0, 0.1) is 0 Å². The number of benzene rings is 3. The van der Waals surface area contributed by atoms with Gasteiger partial charge < -0.3 is 14.4 Å². The largest absolute Gasteiger partial charge is 0.493 e. The van der Waals surface area contributed by atoms with Gasteiger partial charge in [-0.05, 0) is 55.7 Å². The van der Waals surface area contributed by atoms with Crippen molar-refractivity contribution in [3.8, 4) is 11.5 Å². The van der Waals surface area contributed by atoms with Crippen LogP contribution in [0.15, 0.2) is 89.9 Å². The Labute approximate surface area is 236 Å². The summed E-state index contributed by atoms with van der Waals surface area (Å²) >= 11 is 1.41. The first-order valence-electron chi connectivity index (χ1n) is 13.3. The second-order valence-electron chi connectivity index (χ2n) is 9.94. The normalized spacial score (nSPS) is 13.4. The molecule has 8 heteroatoms. The summed E-state index contributed by atoms with van der Waals surface area (Å²) in [5, 5.41) is 0.697. The Hall–Kier alpha value is -4.43. The van der Waals surface area contributed by atoms with Crippen LogP contribution in [-0.4, -0.2) is 28.1 Å². The summed E-state index contributed by atoms with van der Waals surface area (Å²) in [4.78, 5) is 32.6. The first-order valence-corrected chi connectivity index (χ1v) is 14.0. The van der Waals surface area contributed by atoms with Crippen LogP contribution in [-0.2, 0) is 19.5 Å². The molecule has 2 aromatic heterocycles. The molecule has 1 aliphatic heterocycles. The third-order valence-electron chi connectivity index (χ3n) is 7.17. The van der Waals surface area contributed by atoms with Crippen LogP contribution in [0.2, 0.25) is 0 Å². The second kappa shape index (κ2) is 11.0. The number of methoxy groups -OCH3 is 1. The van der Waals surface area contributed by atoms with E-state index in [2.05, 4.69) is 17.1 Å². The van der Waals surface area contributed by atoms with Gasteiger partial charge in [0, 0.05) is 29.1 Å². The minimum absolute atomic E-state index is 0.0418. The third kappa shape index (κ3) is 5.10. The van der Waals surface area contributed by atoms with Crippen LogP contribution < -0.4 is 19.9 Å². The average Bonchev–Trinajstić information content (AvgIpc) is 3.48. The van der Waals surface area contributed by atoms with Crippen molar-refractivity contribution in [1.29, 1.82) is 0 Å². The van der Waals surface area contributed by atoms with Gasteiger partial charge in [-0.1, -0.05) is 54.0 Å². The van der Waals surface area contributed by atoms with Crippen LogP contribution in [0.5, 0.6) is 11.5 Å². The molecule has 0 saturated carbocycles. The van der Waals surface area contributed by atoms with E-state index < -0.39 is 0 Å². The summed E-state index contributed by atoms with van der Waals surface area (Å²) in [5.41, 5.74) is 4.09. The molecular formula is C32H29N3O4S. The molecule has 0 bridgehead atoms. The van der Waals surface area contributed by atoms with E-state index in [0.717, 1.165) is 28.8 Å². The van der Waals surface area contributed by atoms with Crippen molar-refractivity contribution in [2.24, 2.45) is 0 Å². The van der Waals surface area contributed by atoms with Crippen molar-refractivity contribution < 1.29 is 14.3 Å². The van der Waals surface area contributed by atoms with Crippen molar-refractivity contribution in [3.05, 3.63) is 118 Å². The summed E-state index contributed by atoms with van der Waals surface area (Å²) in [6.07, 6.45) is 3.46. The smallest absolute Gasteiger partial charge is 0.268 e. The van der Waals surface area contributed by atoms with Crippen LogP contribution in [0.3, 0.4) is 0 Å². The van der Waals surface area contributed by atoms with Crippen molar-refractivity contribution in [2.45, 2.75) is 39.0 Å². The molecule has 3 heterocycles. The van der Waals surface area contributed by atoms with E-state index in [1.54, 1.807) is 28.2 Å². The summed E-state index contributed by atoms with van der Waals surface area (Å²) in [6, 6.07) is 25.3. The highest BCUT2D eigenvalue weighted by Crippen LogP contribution is 2.36. The summed E-state index contributed by atoms with van der Waals surface area (Å²) < 4.78 is 14.5. The fourth-order valence-corrected chi connectivity index (χ4v) is 6.03. The predicted molar refractivity (Wildman–Crippen MR) is 158 cm³/mol. The van der Waals surface area contributed by atoms with Gasteiger partial charge in [0.1, 0.15) is 0 Å². The standard InChI is InChI=1S/C32H29N3O4S/c1-21(12-13-22-8-4-3-5-9-22)39-29-17-25(14-15-28(29)38-2)34-19-23-18-33-24(16-27(23)31(34)36)20-35-32(37)26-10-6-7-11-30(26)40-35/h3-11,14-18,21H,12-13,19-20H2,1-2H3. The molecule has 0 N–H and O–H groups in total. The van der Waals surface area contributed by atoms with E-state index in [1.807, 2.05) is 67.6 Å². The lowest BCUT2D eigenvalue weighted by Gasteiger charge is -2.21. The van der Waals surface area contributed by atoms with Gasteiger partial charge in [0.2, 0.25) is 0 Å². The maximum Gasteiger partial charge on any atom is 0.268 e. The molecule has 1 aliphatic rings. The zero-order valence-corrected chi connectivity index (χ0v) is 23.2. The number of nitrogens with zero attached hydrogens (tertiary/aromatic N) is 3. The minimum atomic E-state index is -0.101. The molecule has 0 saturated heterocycles. The molecule has 1 unspecified atom stereocenters. The molecule has 1 amide bonds. The van der Waals surface area contributed by atoms with E-state index in [4.69, 9.17) is 9.47 Å². The van der Waals surface area contributed by atoms with Gasteiger partial charge in [0.25, 0.3) is 11.5 Å². The zero-order chi connectivity index (χ0) is 27.6. The molecule has 5 aromatic rings. The number of carbonyl (C=O) groups is 1. The number of fused-ring (bicyclic) bond motifs is 2. The molecule has 1 atom stereocenters. The Morgan fingerprint density at radius 1 is 0.975 bits per heavy atom. The molecule has 7 nitrogen and oxygen atoms in total. The number of aromatic nitrogens is 2. The fraction of sp³-hybridized carbons (Fsp3) is 0.219. The lowest BCUT2D eigenvalue weighted by Crippen LogP contribution is -2.23. The lowest BCUT2D eigenvalue weighted by atomic mass is 10.1. The van der Waals surface area contributed by atoms with Crippen molar-refractivity contribution >= 4 is 33.2 Å². The summed E-state index contributed by atoms with van der Waals surface area (Å²) in [7, 11) is 1.61. The Morgan fingerprint density at radius 3 is 2.58 bits per heavy atom. The van der Waals surface area contributed by atoms with Crippen molar-refractivity contribution in [1.82, 2.24) is 8.94 Å². The third-order valence-corrected chi connectivity index (χ3v) is 8.24. The Balaban J connectivity index is 1.19.